The Hall–Kier alpha value is -2.49. The zero-order chi connectivity index (χ0) is 20.9. The second-order valence-corrected chi connectivity index (χ2v) is 8.49. The van der Waals surface area contributed by atoms with Crippen molar-refractivity contribution in [2.45, 2.75) is 11.8 Å². The average Bonchev–Trinajstić information content (AvgIpc) is 2.70. The predicted molar refractivity (Wildman–Crippen MR) is 108 cm³/mol. The molecule has 0 aliphatic carbocycles. The second-order valence-electron chi connectivity index (χ2n) is 6.59. The Labute approximate surface area is 170 Å². The number of nitrogens with one attached hydrogen (secondary N) is 1. The third-order valence-electron chi connectivity index (χ3n) is 4.61. The summed E-state index contributed by atoms with van der Waals surface area (Å²) in [6.07, 6.45) is 0. The Morgan fingerprint density at radius 2 is 1.72 bits per heavy atom. The normalized spacial score (nSPS) is 15.8. The first-order chi connectivity index (χ1) is 13.9. The number of piperazine rings is 1. The van der Waals surface area contributed by atoms with Gasteiger partial charge in [0.15, 0.2) is 0 Å². The molecule has 0 bridgehead atoms. The van der Waals surface area contributed by atoms with Gasteiger partial charge in [0.2, 0.25) is 15.9 Å². The lowest BCUT2D eigenvalue weighted by Gasteiger charge is -2.33. The fourth-order valence-corrected chi connectivity index (χ4v) is 4.65. The highest BCUT2D eigenvalue weighted by Crippen LogP contribution is 2.24. The maximum atomic E-state index is 13.9. The van der Waals surface area contributed by atoms with Crippen LogP contribution in [0.4, 0.5) is 10.1 Å². The summed E-state index contributed by atoms with van der Waals surface area (Å²) in [7, 11) is -3.89. The number of sulfonamides is 1. The first-order valence-electron chi connectivity index (χ1n) is 9.40. The number of anilines is 1. The molecule has 7 nitrogen and oxygen atoms in total. The summed E-state index contributed by atoms with van der Waals surface area (Å²) >= 11 is 0. The first-order valence-corrected chi connectivity index (χ1v) is 10.8. The van der Waals surface area contributed by atoms with E-state index < -0.39 is 15.8 Å². The molecule has 1 amide bonds. The largest absolute Gasteiger partial charge is 0.492 e. The fraction of sp³-hybridized carbons (Fsp3) is 0.350. The third-order valence-corrected chi connectivity index (χ3v) is 6.55. The minimum absolute atomic E-state index is 0.133. The molecule has 2 aromatic carbocycles. The highest BCUT2D eigenvalue weighted by molar-refractivity contribution is 7.89. The van der Waals surface area contributed by atoms with Gasteiger partial charge < -0.3 is 10.1 Å². The van der Waals surface area contributed by atoms with Crippen molar-refractivity contribution in [3.05, 3.63) is 54.3 Å². The minimum atomic E-state index is -3.89. The van der Waals surface area contributed by atoms with E-state index in [4.69, 9.17) is 4.74 Å². The van der Waals surface area contributed by atoms with E-state index in [1.165, 1.54) is 22.5 Å². The van der Waals surface area contributed by atoms with Gasteiger partial charge in [-0.2, -0.15) is 4.31 Å². The van der Waals surface area contributed by atoms with Crippen LogP contribution in [0.3, 0.4) is 0 Å². The first kappa shape index (κ1) is 21.2. The lowest BCUT2D eigenvalue weighted by Crippen LogP contribution is -2.50. The predicted octanol–water partition coefficient (Wildman–Crippen LogP) is 2.17. The molecule has 1 heterocycles. The highest BCUT2D eigenvalue weighted by Gasteiger charge is 2.30. The summed E-state index contributed by atoms with van der Waals surface area (Å²) in [5, 5.41) is 2.83. The molecule has 1 N–H and O–H groups in total. The van der Waals surface area contributed by atoms with Gasteiger partial charge in [-0.15, -0.1) is 0 Å². The number of rotatable bonds is 7. The van der Waals surface area contributed by atoms with Crippen LogP contribution in [0.15, 0.2) is 53.4 Å². The zero-order valence-corrected chi connectivity index (χ0v) is 17.0. The van der Waals surface area contributed by atoms with E-state index in [0.717, 1.165) is 6.07 Å². The van der Waals surface area contributed by atoms with Crippen LogP contribution in [0.25, 0.3) is 0 Å². The second kappa shape index (κ2) is 9.34. The lowest BCUT2D eigenvalue weighted by atomic mass is 10.3. The molecule has 1 aliphatic heterocycles. The van der Waals surface area contributed by atoms with Gasteiger partial charge in [-0.1, -0.05) is 24.3 Å². The fourth-order valence-electron chi connectivity index (χ4n) is 3.17. The molecular formula is C20H24FN3O4S. The van der Waals surface area contributed by atoms with Crippen molar-refractivity contribution in [3.8, 4) is 5.75 Å². The molecule has 29 heavy (non-hydrogen) atoms. The van der Waals surface area contributed by atoms with Crippen molar-refractivity contribution in [1.82, 2.24) is 9.21 Å². The quantitative estimate of drug-likeness (QED) is 0.741. The Bertz CT molecular complexity index is 960. The van der Waals surface area contributed by atoms with E-state index >= 15 is 0 Å². The molecule has 0 atom stereocenters. The van der Waals surface area contributed by atoms with Gasteiger partial charge >= 0.3 is 0 Å². The average molecular weight is 421 g/mol. The number of hydrogen-bond donors (Lipinski definition) is 1. The van der Waals surface area contributed by atoms with Gasteiger partial charge in [0.1, 0.15) is 16.5 Å². The van der Waals surface area contributed by atoms with Crippen LogP contribution in [0, 0.1) is 5.82 Å². The molecule has 0 saturated carbocycles. The van der Waals surface area contributed by atoms with Gasteiger partial charge in [0, 0.05) is 26.2 Å². The number of para-hydroxylation sites is 2. The highest BCUT2D eigenvalue weighted by atomic mass is 32.2. The molecule has 1 aliphatic rings. The van der Waals surface area contributed by atoms with Crippen LogP contribution in [0.1, 0.15) is 6.92 Å². The van der Waals surface area contributed by atoms with Crippen molar-refractivity contribution < 1.29 is 22.3 Å². The van der Waals surface area contributed by atoms with Gasteiger partial charge in [-0.25, -0.2) is 12.8 Å². The molecule has 2 aromatic rings. The minimum Gasteiger partial charge on any atom is -0.492 e. The maximum absolute atomic E-state index is 13.9. The standard InChI is InChI=1S/C20H24FN3O4S/c1-2-28-18-9-5-4-8-17(18)22-20(25)15-23-11-13-24(14-12-23)29(26,27)19-10-6-3-7-16(19)21/h3-10H,2,11-15H2,1H3,(H,22,25). The summed E-state index contributed by atoms with van der Waals surface area (Å²) in [5.41, 5.74) is 0.597. The number of halogens is 1. The topological polar surface area (TPSA) is 79.0 Å². The van der Waals surface area contributed by atoms with Gasteiger partial charge in [-0.3, -0.25) is 9.69 Å². The van der Waals surface area contributed by atoms with E-state index in [1.807, 2.05) is 24.0 Å². The van der Waals surface area contributed by atoms with Crippen molar-refractivity contribution in [3.63, 3.8) is 0 Å². The Kier molecular flexibility index (Phi) is 6.83. The summed E-state index contributed by atoms with van der Waals surface area (Å²) in [6.45, 7) is 3.65. The molecule has 3 rings (SSSR count). The zero-order valence-electron chi connectivity index (χ0n) is 16.2. The SMILES string of the molecule is CCOc1ccccc1NC(=O)CN1CCN(S(=O)(=O)c2ccccc2F)CC1. The molecule has 1 saturated heterocycles. The van der Waals surface area contributed by atoms with Crippen molar-refractivity contribution in [2.24, 2.45) is 0 Å². The molecular weight excluding hydrogens is 397 g/mol. The Morgan fingerprint density at radius 1 is 1.07 bits per heavy atom. The van der Waals surface area contributed by atoms with E-state index in [1.54, 1.807) is 12.1 Å². The van der Waals surface area contributed by atoms with Crippen LogP contribution >= 0.6 is 0 Å². The molecule has 0 aromatic heterocycles. The van der Waals surface area contributed by atoms with Crippen LogP contribution < -0.4 is 10.1 Å². The summed E-state index contributed by atoms with van der Waals surface area (Å²) < 4.78 is 46.0. The van der Waals surface area contributed by atoms with Gasteiger partial charge in [0.05, 0.1) is 18.8 Å². The molecule has 156 valence electrons. The molecule has 9 heteroatoms. The Balaban J connectivity index is 1.56. The van der Waals surface area contributed by atoms with E-state index in [2.05, 4.69) is 5.32 Å². The number of benzene rings is 2. The maximum Gasteiger partial charge on any atom is 0.246 e. The van der Waals surface area contributed by atoms with Crippen LogP contribution in [-0.4, -0.2) is 62.9 Å². The number of ether oxygens (including phenoxy) is 1. The number of amides is 1. The Morgan fingerprint density at radius 3 is 2.41 bits per heavy atom. The molecule has 0 spiro atoms. The van der Waals surface area contributed by atoms with Crippen LogP contribution in [-0.2, 0) is 14.8 Å². The number of carbonyl (C=O) groups is 1. The number of carbonyl (C=O) groups excluding carboxylic acids is 1. The van der Waals surface area contributed by atoms with Crippen LogP contribution in [0.5, 0.6) is 5.75 Å². The summed E-state index contributed by atoms with van der Waals surface area (Å²) in [5.74, 6) is -0.367. The molecule has 0 unspecified atom stereocenters. The third kappa shape index (κ3) is 5.11. The smallest absolute Gasteiger partial charge is 0.246 e. The van der Waals surface area contributed by atoms with Crippen molar-refractivity contribution >= 4 is 21.6 Å². The van der Waals surface area contributed by atoms with Crippen molar-refractivity contribution in [1.29, 1.82) is 0 Å². The van der Waals surface area contributed by atoms with E-state index in [9.17, 15) is 17.6 Å². The van der Waals surface area contributed by atoms with Crippen LogP contribution in [0.2, 0.25) is 0 Å². The monoisotopic (exact) mass is 421 g/mol. The summed E-state index contributed by atoms with van der Waals surface area (Å²) in [4.78, 5) is 13.9. The summed E-state index contributed by atoms with van der Waals surface area (Å²) in [6, 6.07) is 12.5. The number of nitrogens with zero attached hydrogens (tertiary/aromatic N) is 2. The molecule has 1 fully saturated rings. The lowest BCUT2D eigenvalue weighted by molar-refractivity contribution is -0.117. The van der Waals surface area contributed by atoms with Gasteiger partial charge in [-0.05, 0) is 31.2 Å². The van der Waals surface area contributed by atoms with E-state index in [-0.39, 0.29) is 30.4 Å². The molecule has 0 radical (unpaired) electrons. The number of hydrogen-bond acceptors (Lipinski definition) is 5. The van der Waals surface area contributed by atoms with Gasteiger partial charge in [0.25, 0.3) is 0 Å². The van der Waals surface area contributed by atoms with E-state index in [0.29, 0.717) is 31.1 Å². The van der Waals surface area contributed by atoms with Crippen molar-refractivity contribution in [2.75, 3.05) is 44.6 Å².